The van der Waals surface area contributed by atoms with E-state index in [-0.39, 0.29) is 24.0 Å². The standard InChI is InChI=1S/C19H20N2O4/c20-16(22)11-25-14-5-1-4-13(10-14)18(23)21-12-19(7-3-8-19)17(21)15-6-2-9-24-15/h1-2,4-6,9-10,17H,3,7-8,11-12H2,(H2,20,22). The molecule has 2 aliphatic rings. The van der Waals surface area contributed by atoms with Gasteiger partial charge in [-0.3, -0.25) is 9.59 Å². The molecule has 1 aliphatic heterocycles. The third-order valence-electron chi connectivity index (χ3n) is 5.26. The molecule has 1 spiro atoms. The van der Waals surface area contributed by atoms with E-state index >= 15 is 0 Å². The Bertz CT molecular complexity index is 796. The normalized spacial score (nSPS) is 20.6. The van der Waals surface area contributed by atoms with E-state index in [2.05, 4.69) is 0 Å². The molecule has 1 aliphatic carbocycles. The zero-order valence-electron chi connectivity index (χ0n) is 13.8. The number of nitrogens with zero attached hydrogens (tertiary/aromatic N) is 1. The summed E-state index contributed by atoms with van der Waals surface area (Å²) in [6.45, 7) is 0.545. The van der Waals surface area contributed by atoms with Crippen LogP contribution in [-0.4, -0.2) is 29.9 Å². The number of carbonyl (C=O) groups is 2. The Labute approximate surface area is 145 Å². The molecule has 1 saturated heterocycles. The van der Waals surface area contributed by atoms with Gasteiger partial charge < -0.3 is 19.8 Å². The minimum absolute atomic E-state index is 0.000978. The molecule has 2 amide bonds. The van der Waals surface area contributed by atoms with Gasteiger partial charge >= 0.3 is 0 Å². The Morgan fingerprint density at radius 1 is 1.28 bits per heavy atom. The lowest BCUT2D eigenvalue weighted by molar-refractivity contribution is -0.119. The zero-order chi connectivity index (χ0) is 17.4. The van der Waals surface area contributed by atoms with Crippen LogP contribution in [0, 0.1) is 5.41 Å². The van der Waals surface area contributed by atoms with Crippen LogP contribution in [0.5, 0.6) is 5.75 Å². The van der Waals surface area contributed by atoms with Gasteiger partial charge in [-0.25, -0.2) is 0 Å². The van der Waals surface area contributed by atoms with Crippen LogP contribution < -0.4 is 10.5 Å². The molecule has 2 N–H and O–H groups in total. The Balaban J connectivity index is 1.54. The number of hydrogen-bond acceptors (Lipinski definition) is 4. The fourth-order valence-electron chi connectivity index (χ4n) is 3.93. The summed E-state index contributed by atoms with van der Waals surface area (Å²) in [7, 11) is 0. The van der Waals surface area contributed by atoms with Crippen molar-refractivity contribution in [1.82, 2.24) is 4.90 Å². The highest BCUT2D eigenvalue weighted by Crippen LogP contribution is 2.60. The average Bonchev–Trinajstić information content (AvgIpc) is 3.04. The van der Waals surface area contributed by atoms with Crippen molar-refractivity contribution in [2.45, 2.75) is 25.3 Å². The predicted molar refractivity (Wildman–Crippen MR) is 89.9 cm³/mol. The summed E-state index contributed by atoms with van der Waals surface area (Å²) in [5.41, 5.74) is 5.80. The summed E-state index contributed by atoms with van der Waals surface area (Å²) in [5, 5.41) is 0. The van der Waals surface area contributed by atoms with Crippen molar-refractivity contribution in [3.8, 4) is 5.75 Å². The van der Waals surface area contributed by atoms with Crippen molar-refractivity contribution in [2.24, 2.45) is 11.1 Å². The van der Waals surface area contributed by atoms with E-state index in [1.165, 1.54) is 6.42 Å². The minimum Gasteiger partial charge on any atom is -0.484 e. The summed E-state index contributed by atoms with van der Waals surface area (Å²) in [6, 6.07) is 10.6. The second-order valence-corrected chi connectivity index (χ2v) is 6.85. The molecule has 130 valence electrons. The molecule has 0 bridgehead atoms. The van der Waals surface area contributed by atoms with Crippen LogP contribution in [0.4, 0.5) is 0 Å². The highest BCUT2D eigenvalue weighted by atomic mass is 16.5. The first-order valence-electron chi connectivity index (χ1n) is 8.45. The number of ether oxygens (including phenoxy) is 1. The third kappa shape index (κ3) is 2.67. The summed E-state index contributed by atoms with van der Waals surface area (Å²) in [4.78, 5) is 25.7. The lowest BCUT2D eigenvalue weighted by atomic mass is 9.57. The molecule has 6 nitrogen and oxygen atoms in total. The molecule has 1 saturated carbocycles. The highest BCUT2D eigenvalue weighted by Gasteiger charge is 2.59. The number of likely N-dealkylation sites (tertiary alicyclic amines) is 1. The molecule has 1 aromatic carbocycles. The Morgan fingerprint density at radius 2 is 2.12 bits per heavy atom. The van der Waals surface area contributed by atoms with Crippen LogP contribution in [0.1, 0.15) is 41.4 Å². The predicted octanol–water partition coefficient (Wildman–Crippen LogP) is 2.51. The van der Waals surface area contributed by atoms with Crippen LogP contribution >= 0.6 is 0 Å². The molecular weight excluding hydrogens is 320 g/mol. The largest absolute Gasteiger partial charge is 0.484 e. The lowest BCUT2D eigenvalue weighted by Crippen LogP contribution is -2.63. The van der Waals surface area contributed by atoms with Crippen LogP contribution in [0.2, 0.25) is 0 Å². The van der Waals surface area contributed by atoms with Crippen molar-refractivity contribution in [1.29, 1.82) is 0 Å². The Morgan fingerprint density at radius 3 is 2.76 bits per heavy atom. The van der Waals surface area contributed by atoms with Gasteiger partial charge in [0.1, 0.15) is 11.5 Å². The second-order valence-electron chi connectivity index (χ2n) is 6.85. The maximum Gasteiger partial charge on any atom is 0.255 e. The van der Waals surface area contributed by atoms with E-state index in [0.29, 0.717) is 11.3 Å². The summed E-state index contributed by atoms with van der Waals surface area (Å²) >= 11 is 0. The van der Waals surface area contributed by atoms with Crippen molar-refractivity contribution in [2.75, 3.05) is 13.2 Å². The van der Waals surface area contributed by atoms with E-state index in [9.17, 15) is 9.59 Å². The fraction of sp³-hybridized carbons (Fsp3) is 0.368. The molecule has 4 rings (SSSR count). The van der Waals surface area contributed by atoms with Crippen LogP contribution in [-0.2, 0) is 4.79 Å². The minimum atomic E-state index is -0.552. The number of hydrogen-bond donors (Lipinski definition) is 1. The van der Waals surface area contributed by atoms with Gasteiger partial charge in [0.25, 0.3) is 11.8 Å². The maximum absolute atomic E-state index is 13.0. The van der Waals surface area contributed by atoms with E-state index in [1.54, 1.807) is 30.5 Å². The summed E-state index contributed by atoms with van der Waals surface area (Å²) < 4.78 is 10.9. The van der Waals surface area contributed by atoms with E-state index in [4.69, 9.17) is 14.9 Å². The number of benzene rings is 1. The maximum atomic E-state index is 13.0. The molecular formula is C19H20N2O4. The lowest BCUT2D eigenvalue weighted by Gasteiger charge is -2.61. The summed E-state index contributed by atoms with van der Waals surface area (Å²) in [5.74, 6) is 0.700. The third-order valence-corrected chi connectivity index (χ3v) is 5.26. The average molecular weight is 340 g/mol. The molecule has 2 fully saturated rings. The first-order valence-corrected chi connectivity index (χ1v) is 8.45. The first-order chi connectivity index (χ1) is 12.1. The van der Waals surface area contributed by atoms with Gasteiger partial charge in [-0.15, -0.1) is 0 Å². The summed E-state index contributed by atoms with van der Waals surface area (Å²) in [6.07, 6.45) is 5.12. The highest BCUT2D eigenvalue weighted by molar-refractivity contribution is 5.95. The molecule has 2 heterocycles. The van der Waals surface area contributed by atoms with Crippen LogP contribution in [0.15, 0.2) is 47.1 Å². The second kappa shape index (κ2) is 5.95. The van der Waals surface area contributed by atoms with Crippen molar-refractivity contribution < 1.29 is 18.7 Å². The number of amides is 2. The Hall–Kier alpha value is -2.76. The monoisotopic (exact) mass is 340 g/mol. The molecule has 25 heavy (non-hydrogen) atoms. The van der Waals surface area contributed by atoms with E-state index in [1.807, 2.05) is 17.0 Å². The molecule has 1 aromatic heterocycles. The quantitative estimate of drug-likeness (QED) is 0.906. The zero-order valence-corrected chi connectivity index (χ0v) is 13.8. The SMILES string of the molecule is NC(=O)COc1cccc(C(=O)N2CC3(CCC3)C2c2ccco2)c1. The Kier molecular flexibility index (Phi) is 3.75. The van der Waals surface area contributed by atoms with Crippen molar-refractivity contribution >= 4 is 11.8 Å². The van der Waals surface area contributed by atoms with Gasteiger partial charge in [0, 0.05) is 17.5 Å². The van der Waals surface area contributed by atoms with Gasteiger partial charge in [-0.2, -0.15) is 0 Å². The molecule has 2 aromatic rings. The van der Waals surface area contributed by atoms with Crippen LogP contribution in [0.25, 0.3) is 0 Å². The van der Waals surface area contributed by atoms with Crippen LogP contribution in [0.3, 0.4) is 0 Å². The van der Waals surface area contributed by atoms with E-state index < -0.39 is 5.91 Å². The van der Waals surface area contributed by atoms with E-state index in [0.717, 1.165) is 25.1 Å². The molecule has 6 heteroatoms. The molecule has 0 radical (unpaired) electrons. The van der Waals surface area contributed by atoms with Gasteiger partial charge in [-0.05, 0) is 43.2 Å². The molecule has 1 unspecified atom stereocenters. The number of furan rings is 1. The topological polar surface area (TPSA) is 85.8 Å². The van der Waals surface area contributed by atoms with Gasteiger partial charge in [0.15, 0.2) is 6.61 Å². The first kappa shape index (κ1) is 15.7. The smallest absolute Gasteiger partial charge is 0.255 e. The van der Waals surface area contributed by atoms with Crippen molar-refractivity contribution in [3.05, 3.63) is 54.0 Å². The van der Waals surface area contributed by atoms with Gasteiger partial charge in [0.05, 0.1) is 12.3 Å². The van der Waals surface area contributed by atoms with Gasteiger partial charge in [-0.1, -0.05) is 12.5 Å². The van der Waals surface area contributed by atoms with Gasteiger partial charge in [0.2, 0.25) is 0 Å². The molecule has 1 atom stereocenters. The number of nitrogens with two attached hydrogens (primary N) is 1. The number of rotatable bonds is 5. The van der Waals surface area contributed by atoms with Crippen molar-refractivity contribution in [3.63, 3.8) is 0 Å². The number of primary amides is 1. The number of carbonyl (C=O) groups excluding carboxylic acids is 2. The fourth-order valence-corrected chi connectivity index (χ4v) is 3.93.